The maximum Gasteiger partial charge on any atom is 0.268 e. The van der Waals surface area contributed by atoms with Gasteiger partial charge < -0.3 is 0 Å². The Hall–Kier alpha value is -0.830. The van der Waals surface area contributed by atoms with Crippen molar-refractivity contribution in [3.63, 3.8) is 0 Å². The average molecular weight is 144 g/mol. The summed E-state index contributed by atoms with van der Waals surface area (Å²) in [6.45, 7) is 3.40. The molecule has 1 radical (unpaired) electrons. The van der Waals surface area contributed by atoms with Crippen LogP contribution >= 0.6 is 11.6 Å². The molecule has 1 heterocycles. The Labute approximate surface area is 56.7 Å². The van der Waals surface area contributed by atoms with Crippen LogP contribution in [0.25, 0.3) is 0 Å². The van der Waals surface area contributed by atoms with E-state index >= 15 is 0 Å². The van der Waals surface area contributed by atoms with E-state index in [0.29, 0.717) is 5.02 Å². The third-order valence-electron chi connectivity index (χ3n) is 0.906. The van der Waals surface area contributed by atoms with Gasteiger partial charge in [0.25, 0.3) is 5.56 Å². The van der Waals surface area contributed by atoms with Crippen LogP contribution in [0.15, 0.2) is 11.0 Å². The molecule has 0 aliphatic heterocycles. The van der Waals surface area contributed by atoms with Gasteiger partial charge in [0.2, 0.25) is 0 Å². The lowest BCUT2D eigenvalue weighted by Crippen LogP contribution is -2.10. The number of rotatable bonds is 0. The van der Waals surface area contributed by atoms with E-state index in [4.69, 9.17) is 11.6 Å². The molecule has 1 aromatic rings. The van der Waals surface area contributed by atoms with E-state index in [9.17, 15) is 4.79 Å². The van der Waals surface area contributed by atoms with Gasteiger partial charge in [0.1, 0.15) is 0 Å². The van der Waals surface area contributed by atoms with Crippen LogP contribution in [-0.4, -0.2) is 10.2 Å². The quantitative estimate of drug-likeness (QED) is 0.578. The molecule has 0 aliphatic carbocycles. The van der Waals surface area contributed by atoms with Crippen molar-refractivity contribution >= 4 is 11.6 Å². The van der Waals surface area contributed by atoms with Gasteiger partial charge in [0.05, 0.1) is 11.2 Å². The summed E-state index contributed by atoms with van der Waals surface area (Å²) in [5.41, 5.74) is -0.0887. The van der Waals surface area contributed by atoms with Gasteiger partial charge in [-0.25, -0.2) is 5.10 Å². The molecule has 9 heavy (non-hydrogen) atoms. The van der Waals surface area contributed by atoms with Crippen LogP contribution in [0.3, 0.4) is 0 Å². The summed E-state index contributed by atoms with van der Waals surface area (Å²) in [6.07, 6.45) is 1.34. The van der Waals surface area contributed by atoms with E-state index in [2.05, 4.69) is 17.1 Å². The van der Waals surface area contributed by atoms with Crippen molar-refractivity contribution in [3.05, 3.63) is 34.1 Å². The minimum absolute atomic E-state index is 0.256. The predicted molar refractivity (Wildman–Crippen MR) is 34.3 cm³/mol. The zero-order chi connectivity index (χ0) is 6.85. The van der Waals surface area contributed by atoms with Gasteiger partial charge in [-0.05, 0) is 6.92 Å². The summed E-state index contributed by atoms with van der Waals surface area (Å²) < 4.78 is 0. The predicted octanol–water partition coefficient (Wildman–Crippen LogP) is 0.605. The number of halogens is 1. The molecule has 1 rings (SSSR count). The molecule has 0 aliphatic rings. The van der Waals surface area contributed by atoms with Gasteiger partial charge in [-0.1, -0.05) is 11.6 Å². The van der Waals surface area contributed by atoms with Gasteiger partial charge in [-0.15, -0.1) is 0 Å². The lowest BCUT2D eigenvalue weighted by molar-refractivity contribution is 0.979. The van der Waals surface area contributed by atoms with Crippen molar-refractivity contribution < 1.29 is 0 Å². The van der Waals surface area contributed by atoms with Crippen LogP contribution in [0.4, 0.5) is 0 Å². The first-order chi connectivity index (χ1) is 4.22. The highest BCUT2D eigenvalue weighted by Gasteiger charge is 1.96. The van der Waals surface area contributed by atoms with Crippen molar-refractivity contribution in [2.75, 3.05) is 0 Å². The molecule has 0 spiro atoms. The van der Waals surface area contributed by atoms with Gasteiger partial charge in [-0.3, -0.25) is 4.79 Å². The van der Waals surface area contributed by atoms with Crippen molar-refractivity contribution in [3.8, 4) is 0 Å². The molecule has 0 fully saturated rings. The molecule has 0 saturated heterocycles. The van der Waals surface area contributed by atoms with E-state index in [0.717, 1.165) is 0 Å². The van der Waals surface area contributed by atoms with Gasteiger partial charge in [-0.2, -0.15) is 5.10 Å². The third-order valence-corrected chi connectivity index (χ3v) is 1.23. The Balaban J connectivity index is 3.43. The molecule has 0 aromatic carbocycles. The Kier molecular flexibility index (Phi) is 1.53. The highest BCUT2D eigenvalue weighted by atomic mass is 35.5. The number of hydrogen-bond acceptors (Lipinski definition) is 2. The lowest BCUT2D eigenvalue weighted by Gasteiger charge is -1.89. The molecule has 0 amide bonds. The maximum absolute atomic E-state index is 10.6. The summed E-state index contributed by atoms with van der Waals surface area (Å²) >= 11 is 5.47. The number of hydrogen-bond donors (Lipinski definition) is 1. The molecule has 47 valence electrons. The van der Waals surface area contributed by atoms with E-state index in [1.807, 2.05) is 0 Å². The first-order valence-electron chi connectivity index (χ1n) is 2.27. The Morgan fingerprint density at radius 1 is 1.78 bits per heavy atom. The third kappa shape index (κ3) is 1.10. The molecular formula is C5H4ClN2O. The number of nitrogens with one attached hydrogen (secondary N) is 1. The standard InChI is InChI=1S/C5H4ClN2O/c1-3-4(6)2-7-8-5(3)9/h2H,1H2,(H,8,9). The van der Waals surface area contributed by atoms with Crippen LogP contribution in [0.5, 0.6) is 0 Å². The first-order valence-corrected chi connectivity index (χ1v) is 2.65. The normalized spacial score (nSPS) is 9.56. The molecule has 1 aromatic heterocycles. The maximum atomic E-state index is 10.6. The molecule has 0 saturated carbocycles. The van der Waals surface area contributed by atoms with Crippen molar-refractivity contribution in [2.45, 2.75) is 0 Å². The first kappa shape index (κ1) is 6.29. The number of H-pyrrole nitrogens is 1. The highest BCUT2D eigenvalue weighted by molar-refractivity contribution is 6.31. The van der Waals surface area contributed by atoms with Crippen LogP contribution in [-0.2, 0) is 0 Å². The fourth-order valence-corrected chi connectivity index (χ4v) is 0.536. The second kappa shape index (κ2) is 2.19. The molecule has 0 atom stereocenters. The van der Waals surface area contributed by atoms with Crippen LogP contribution in [0, 0.1) is 6.92 Å². The van der Waals surface area contributed by atoms with Crippen molar-refractivity contribution in [2.24, 2.45) is 0 Å². The SMILES string of the molecule is [CH2]c1c(Cl)cn[nH]c1=O. The van der Waals surface area contributed by atoms with Gasteiger partial charge >= 0.3 is 0 Å². The summed E-state index contributed by atoms with van der Waals surface area (Å²) in [7, 11) is 0. The fraction of sp³-hybridized carbons (Fsp3) is 0. The Morgan fingerprint density at radius 2 is 2.44 bits per heavy atom. The molecule has 4 heteroatoms. The Morgan fingerprint density at radius 3 is 2.89 bits per heavy atom. The average Bonchev–Trinajstić information content (AvgIpc) is 1.83. The summed E-state index contributed by atoms with van der Waals surface area (Å²) in [5, 5.41) is 5.91. The van der Waals surface area contributed by atoms with E-state index in [1.165, 1.54) is 6.20 Å². The fourth-order valence-electron chi connectivity index (χ4n) is 0.401. The summed E-state index contributed by atoms with van der Waals surface area (Å²) in [6, 6.07) is 0. The highest BCUT2D eigenvalue weighted by Crippen LogP contribution is 2.05. The van der Waals surface area contributed by atoms with Crippen LogP contribution in [0.1, 0.15) is 5.56 Å². The summed E-state index contributed by atoms with van der Waals surface area (Å²) in [5.74, 6) is 0. The Bertz CT molecular complexity index is 268. The zero-order valence-corrected chi connectivity index (χ0v) is 5.27. The number of aromatic amines is 1. The second-order valence-electron chi connectivity index (χ2n) is 1.53. The minimum Gasteiger partial charge on any atom is -0.268 e. The topological polar surface area (TPSA) is 45.8 Å². The van der Waals surface area contributed by atoms with E-state index in [-0.39, 0.29) is 11.1 Å². The minimum atomic E-state index is -0.345. The lowest BCUT2D eigenvalue weighted by atomic mass is 10.3. The number of aromatic nitrogens is 2. The summed E-state index contributed by atoms with van der Waals surface area (Å²) in [4.78, 5) is 10.6. The second-order valence-corrected chi connectivity index (χ2v) is 1.93. The van der Waals surface area contributed by atoms with Crippen molar-refractivity contribution in [1.82, 2.24) is 10.2 Å². The van der Waals surface area contributed by atoms with Crippen LogP contribution < -0.4 is 5.56 Å². The van der Waals surface area contributed by atoms with Gasteiger partial charge in [0, 0.05) is 5.56 Å². The van der Waals surface area contributed by atoms with Crippen molar-refractivity contribution in [1.29, 1.82) is 0 Å². The molecular weight excluding hydrogens is 140 g/mol. The smallest absolute Gasteiger partial charge is 0.268 e. The van der Waals surface area contributed by atoms with Gasteiger partial charge in [0.15, 0.2) is 0 Å². The molecule has 3 nitrogen and oxygen atoms in total. The molecule has 1 N–H and O–H groups in total. The van der Waals surface area contributed by atoms with Crippen LogP contribution in [0.2, 0.25) is 5.02 Å². The zero-order valence-electron chi connectivity index (χ0n) is 4.52. The van der Waals surface area contributed by atoms with E-state index in [1.54, 1.807) is 0 Å². The monoisotopic (exact) mass is 143 g/mol. The number of nitrogens with zero attached hydrogens (tertiary/aromatic N) is 1. The van der Waals surface area contributed by atoms with E-state index < -0.39 is 0 Å². The molecule has 0 unspecified atom stereocenters. The largest absolute Gasteiger partial charge is 0.268 e. The molecule has 0 bridgehead atoms.